The van der Waals surface area contributed by atoms with E-state index in [4.69, 9.17) is 27.0 Å². The second-order valence-corrected chi connectivity index (χ2v) is 8.21. The minimum Gasteiger partial charge on any atom is -0.490 e. The molecule has 0 aliphatic rings. The van der Waals surface area contributed by atoms with Gasteiger partial charge in [0.05, 0.1) is 11.6 Å². The van der Waals surface area contributed by atoms with Gasteiger partial charge in [0.1, 0.15) is 4.90 Å². The van der Waals surface area contributed by atoms with Crippen LogP contribution >= 0.6 is 38.2 Å². The molecule has 1 aromatic carbocycles. The molecule has 7 heteroatoms. The summed E-state index contributed by atoms with van der Waals surface area (Å²) in [6.07, 6.45) is 2.04. The standard InChI is InChI=1S/C12H15BrCl2O3S/c1-3-4-8(2)7-18-12-10(14)5-9(13)6-11(12)19(15,16)17/h5-6,8H,3-4,7H2,1-2H3. The van der Waals surface area contributed by atoms with Crippen LogP contribution in [0.4, 0.5) is 0 Å². The Morgan fingerprint density at radius 3 is 2.58 bits per heavy atom. The van der Waals surface area contributed by atoms with E-state index in [0.717, 1.165) is 12.8 Å². The minimum absolute atomic E-state index is 0.114. The predicted octanol–water partition coefficient (Wildman–Crippen LogP) is 4.85. The monoisotopic (exact) mass is 388 g/mol. The molecule has 0 saturated heterocycles. The summed E-state index contributed by atoms with van der Waals surface area (Å²) >= 11 is 9.20. The Morgan fingerprint density at radius 2 is 2.05 bits per heavy atom. The van der Waals surface area contributed by atoms with E-state index in [0.29, 0.717) is 17.0 Å². The summed E-state index contributed by atoms with van der Waals surface area (Å²) in [6, 6.07) is 2.96. The molecule has 1 rings (SSSR count). The van der Waals surface area contributed by atoms with Crippen LogP contribution in [0.2, 0.25) is 5.02 Å². The van der Waals surface area contributed by atoms with Gasteiger partial charge < -0.3 is 4.74 Å². The Kier molecular flexibility index (Phi) is 6.43. The van der Waals surface area contributed by atoms with Gasteiger partial charge in [-0.05, 0) is 24.5 Å². The maximum atomic E-state index is 11.5. The van der Waals surface area contributed by atoms with E-state index in [-0.39, 0.29) is 15.7 Å². The maximum absolute atomic E-state index is 11.5. The molecule has 1 aromatic rings. The topological polar surface area (TPSA) is 43.4 Å². The van der Waals surface area contributed by atoms with Gasteiger partial charge in [0, 0.05) is 15.2 Å². The third-order valence-electron chi connectivity index (χ3n) is 2.53. The average molecular weight is 390 g/mol. The lowest BCUT2D eigenvalue weighted by atomic mass is 10.1. The number of hydrogen-bond acceptors (Lipinski definition) is 3. The van der Waals surface area contributed by atoms with Gasteiger partial charge in [0.2, 0.25) is 0 Å². The lowest BCUT2D eigenvalue weighted by Gasteiger charge is -2.15. The van der Waals surface area contributed by atoms with Crippen LogP contribution in [0.3, 0.4) is 0 Å². The summed E-state index contributed by atoms with van der Waals surface area (Å²) in [5.41, 5.74) is 0. The van der Waals surface area contributed by atoms with Crippen molar-refractivity contribution in [3.8, 4) is 5.75 Å². The molecule has 0 spiro atoms. The lowest BCUT2D eigenvalue weighted by molar-refractivity contribution is 0.246. The van der Waals surface area contributed by atoms with E-state index < -0.39 is 9.05 Å². The van der Waals surface area contributed by atoms with E-state index in [1.165, 1.54) is 6.07 Å². The molecular formula is C12H15BrCl2O3S. The summed E-state index contributed by atoms with van der Waals surface area (Å²) in [7, 11) is 1.49. The fourth-order valence-electron chi connectivity index (χ4n) is 1.66. The van der Waals surface area contributed by atoms with Gasteiger partial charge in [-0.15, -0.1) is 0 Å². The third-order valence-corrected chi connectivity index (χ3v) is 4.60. The molecular weight excluding hydrogens is 375 g/mol. The van der Waals surface area contributed by atoms with E-state index >= 15 is 0 Å². The Balaban J connectivity index is 3.06. The van der Waals surface area contributed by atoms with Gasteiger partial charge in [0.25, 0.3) is 9.05 Å². The van der Waals surface area contributed by atoms with Crippen molar-refractivity contribution in [2.24, 2.45) is 5.92 Å². The molecule has 0 N–H and O–H groups in total. The van der Waals surface area contributed by atoms with Crippen LogP contribution in [0.5, 0.6) is 5.75 Å². The maximum Gasteiger partial charge on any atom is 0.265 e. The molecule has 1 unspecified atom stereocenters. The van der Waals surface area contributed by atoms with Crippen LogP contribution in [0.1, 0.15) is 26.7 Å². The van der Waals surface area contributed by atoms with E-state index in [9.17, 15) is 8.42 Å². The second kappa shape index (κ2) is 7.16. The largest absolute Gasteiger partial charge is 0.490 e. The Morgan fingerprint density at radius 1 is 1.42 bits per heavy atom. The second-order valence-electron chi connectivity index (χ2n) is 4.36. The first-order valence-corrected chi connectivity index (χ1v) is 9.30. The molecule has 0 bridgehead atoms. The fraction of sp³-hybridized carbons (Fsp3) is 0.500. The van der Waals surface area contributed by atoms with Crippen molar-refractivity contribution in [2.45, 2.75) is 31.6 Å². The number of ether oxygens (including phenoxy) is 1. The van der Waals surface area contributed by atoms with Gasteiger partial charge in [0.15, 0.2) is 5.75 Å². The first-order chi connectivity index (χ1) is 8.75. The van der Waals surface area contributed by atoms with Crippen molar-refractivity contribution < 1.29 is 13.2 Å². The van der Waals surface area contributed by atoms with E-state index in [1.807, 2.05) is 6.92 Å². The highest BCUT2D eigenvalue weighted by molar-refractivity contribution is 9.10. The van der Waals surface area contributed by atoms with Crippen LogP contribution in [0.15, 0.2) is 21.5 Å². The molecule has 0 heterocycles. The summed E-state index contributed by atoms with van der Waals surface area (Å²) in [5.74, 6) is 0.429. The average Bonchev–Trinajstić information content (AvgIpc) is 2.26. The van der Waals surface area contributed by atoms with Gasteiger partial charge in [-0.25, -0.2) is 8.42 Å². The van der Waals surface area contributed by atoms with Gasteiger partial charge >= 0.3 is 0 Å². The summed E-state index contributed by atoms with van der Waals surface area (Å²) in [5, 5.41) is 0.220. The van der Waals surface area contributed by atoms with Crippen LogP contribution in [0, 0.1) is 5.92 Å². The van der Waals surface area contributed by atoms with Crippen LogP contribution in [-0.4, -0.2) is 15.0 Å². The SMILES string of the molecule is CCCC(C)COc1c(Cl)cc(Br)cc1S(=O)(=O)Cl. The van der Waals surface area contributed by atoms with Gasteiger partial charge in [-0.3, -0.25) is 0 Å². The number of rotatable bonds is 6. The molecule has 3 nitrogen and oxygen atoms in total. The molecule has 19 heavy (non-hydrogen) atoms. The number of benzene rings is 1. The van der Waals surface area contributed by atoms with Crippen molar-refractivity contribution in [3.63, 3.8) is 0 Å². The third kappa shape index (κ3) is 5.14. The molecule has 108 valence electrons. The summed E-state index contributed by atoms with van der Waals surface area (Å²) < 4.78 is 29.1. The molecule has 0 saturated carbocycles. The Bertz CT molecular complexity index is 546. The van der Waals surface area contributed by atoms with Crippen molar-refractivity contribution in [1.29, 1.82) is 0 Å². The van der Waals surface area contributed by atoms with Crippen LogP contribution in [-0.2, 0) is 9.05 Å². The normalized spacial score (nSPS) is 13.3. The minimum atomic E-state index is -3.91. The molecule has 0 fully saturated rings. The summed E-state index contributed by atoms with van der Waals surface area (Å²) in [6.45, 7) is 4.51. The van der Waals surface area contributed by atoms with Crippen molar-refractivity contribution in [2.75, 3.05) is 6.61 Å². The van der Waals surface area contributed by atoms with E-state index in [1.54, 1.807) is 6.07 Å². The highest BCUT2D eigenvalue weighted by Crippen LogP contribution is 2.37. The zero-order chi connectivity index (χ0) is 14.6. The van der Waals surface area contributed by atoms with Crippen molar-refractivity contribution in [1.82, 2.24) is 0 Å². The zero-order valence-electron chi connectivity index (χ0n) is 10.6. The first kappa shape index (κ1) is 17.1. The van der Waals surface area contributed by atoms with Gasteiger partial charge in [-0.1, -0.05) is 47.8 Å². The molecule has 0 aliphatic carbocycles. The highest BCUT2D eigenvalue weighted by atomic mass is 79.9. The summed E-state index contributed by atoms with van der Waals surface area (Å²) in [4.78, 5) is -0.114. The molecule has 0 radical (unpaired) electrons. The smallest absolute Gasteiger partial charge is 0.265 e. The zero-order valence-corrected chi connectivity index (χ0v) is 14.5. The van der Waals surface area contributed by atoms with Crippen LogP contribution in [0.25, 0.3) is 0 Å². The molecule has 0 aromatic heterocycles. The van der Waals surface area contributed by atoms with Crippen molar-refractivity contribution >= 4 is 47.3 Å². The number of halogens is 3. The van der Waals surface area contributed by atoms with Crippen LogP contribution < -0.4 is 4.74 Å². The Hall–Kier alpha value is 0.0300. The number of hydrogen-bond donors (Lipinski definition) is 0. The molecule has 0 aliphatic heterocycles. The van der Waals surface area contributed by atoms with Gasteiger partial charge in [-0.2, -0.15) is 0 Å². The Labute approximate surface area is 131 Å². The molecule has 1 atom stereocenters. The van der Waals surface area contributed by atoms with E-state index in [2.05, 4.69) is 22.9 Å². The lowest BCUT2D eigenvalue weighted by Crippen LogP contribution is -2.10. The first-order valence-electron chi connectivity index (χ1n) is 5.82. The fourth-order valence-corrected chi connectivity index (χ4v) is 3.73. The quantitative estimate of drug-likeness (QED) is 0.653. The predicted molar refractivity (Wildman–Crippen MR) is 81.8 cm³/mol. The molecule has 0 amide bonds. The highest BCUT2D eigenvalue weighted by Gasteiger charge is 2.21. The van der Waals surface area contributed by atoms with Crippen molar-refractivity contribution in [3.05, 3.63) is 21.6 Å².